The van der Waals surface area contributed by atoms with Crippen molar-refractivity contribution in [2.45, 2.75) is 56.5 Å². The summed E-state index contributed by atoms with van der Waals surface area (Å²) < 4.78 is 19.3. The lowest BCUT2D eigenvalue weighted by molar-refractivity contribution is -0.180. The Balaban J connectivity index is 1.65. The summed E-state index contributed by atoms with van der Waals surface area (Å²) in [5.41, 5.74) is 0.207. The zero-order valence-corrected chi connectivity index (χ0v) is 24.6. The highest BCUT2D eigenvalue weighted by Crippen LogP contribution is 2.39. The van der Waals surface area contributed by atoms with Gasteiger partial charge in [0.1, 0.15) is 23.7 Å². The summed E-state index contributed by atoms with van der Waals surface area (Å²) in [6.45, 7) is 8.78. The van der Waals surface area contributed by atoms with Gasteiger partial charge in [-0.05, 0) is 33.8 Å². The number of hydrogen-bond acceptors (Lipinski definition) is 6. The second kappa shape index (κ2) is 12.2. The molecule has 1 N–H and O–H groups in total. The number of aliphatic hydroxyl groups is 1. The van der Waals surface area contributed by atoms with E-state index in [9.17, 15) is 9.90 Å². The van der Waals surface area contributed by atoms with Gasteiger partial charge in [-0.3, -0.25) is 0 Å². The summed E-state index contributed by atoms with van der Waals surface area (Å²) in [5.74, 6) is -0.647. The van der Waals surface area contributed by atoms with Crippen LogP contribution in [0.1, 0.15) is 38.1 Å². The summed E-state index contributed by atoms with van der Waals surface area (Å²) in [4.78, 5) is 12.9. The van der Waals surface area contributed by atoms with Gasteiger partial charge >= 0.3 is 5.97 Å². The normalized spacial score (nSPS) is 24.1. The van der Waals surface area contributed by atoms with Gasteiger partial charge in [-0.1, -0.05) is 107 Å². The molecule has 3 aromatic carbocycles. The maximum absolute atomic E-state index is 12.9. The van der Waals surface area contributed by atoms with Crippen LogP contribution in [-0.4, -0.2) is 56.0 Å². The molecule has 0 amide bonds. The van der Waals surface area contributed by atoms with E-state index in [-0.39, 0.29) is 23.0 Å². The minimum Gasteiger partial charge on any atom is -0.455 e. The molecular formula is C31H38O5SSi. The SMILES string of the molecule is CS[C@@H]1OC(CO[Si](c2ccccc2)(c2ccccc2)C(C)(C)C)[C@H](O)[C@H](OC(=O)c2ccccc2)C1C. The van der Waals surface area contributed by atoms with Crippen molar-refractivity contribution in [3.05, 3.63) is 96.6 Å². The van der Waals surface area contributed by atoms with Crippen molar-refractivity contribution in [2.24, 2.45) is 5.92 Å². The van der Waals surface area contributed by atoms with Crippen LogP contribution in [0.25, 0.3) is 0 Å². The van der Waals surface area contributed by atoms with Gasteiger partial charge in [0.25, 0.3) is 8.32 Å². The maximum atomic E-state index is 12.9. The number of aliphatic hydroxyl groups excluding tert-OH is 1. The molecule has 0 aromatic heterocycles. The van der Waals surface area contributed by atoms with E-state index in [4.69, 9.17) is 13.9 Å². The first-order valence-electron chi connectivity index (χ1n) is 13.1. The monoisotopic (exact) mass is 550 g/mol. The Labute approximate surface area is 231 Å². The van der Waals surface area contributed by atoms with E-state index in [1.807, 2.05) is 55.6 Å². The third kappa shape index (κ3) is 5.77. The van der Waals surface area contributed by atoms with Crippen LogP contribution in [0.5, 0.6) is 0 Å². The first-order chi connectivity index (χ1) is 18.2. The second-order valence-corrected chi connectivity index (χ2v) is 16.1. The van der Waals surface area contributed by atoms with Crippen molar-refractivity contribution in [3.8, 4) is 0 Å². The fourth-order valence-electron chi connectivity index (χ4n) is 5.37. The molecule has 1 heterocycles. The van der Waals surface area contributed by atoms with E-state index in [2.05, 4.69) is 45.0 Å². The Hall–Kier alpha value is -2.42. The van der Waals surface area contributed by atoms with Gasteiger partial charge in [0.2, 0.25) is 0 Å². The maximum Gasteiger partial charge on any atom is 0.338 e. The van der Waals surface area contributed by atoms with Gasteiger partial charge in [-0.15, -0.1) is 11.8 Å². The molecule has 5 atom stereocenters. The van der Waals surface area contributed by atoms with E-state index in [1.54, 1.807) is 36.0 Å². The van der Waals surface area contributed by atoms with Crippen molar-refractivity contribution < 1.29 is 23.8 Å². The van der Waals surface area contributed by atoms with Crippen LogP contribution in [-0.2, 0) is 13.9 Å². The Morgan fingerprint density at radius 2 is 1.42 bits per heavy atom. The van der Waals surface area contributed by atoms with Crippen LogP contribution >= 0.6 is 11.8 Å². The first-order valence-corrected chi connectivity index (χ1v) is 16.3. The zero-order valence-electron chi connectivity index (χ0n) is 22.7. The van der Waals surface area contributed by atoms with Crippen LogP contribution in [0.15, 0.2) is 91.0 Å². The lowest BCUT2D eigenvalue weighted by atomic mass is 9.93. The minimum atomic E-state index is -2.82. The molecule has 3 aromatic rings. The number of rotatable bonds is 8. The number of ether oxygens (including phenoxy) is 2. The summed E-state index contributed by atoms with van der Waals surface area (Å²) >= 11 is 1.55. The van der Waals surface area contributed by atoms with Gasteiger partial charge in [-0.2, -0.15) is 0 Å². The highest BCUT2D eigenvalue weighted by molar-refractivity contribution is 7.99. The lowest BCUT2D eigenvalue weighted by Crippen LogP contribution is -2.68. The number of thioether (sulfide) groups is 1. The molecular weight excluding hydrogens is 512 g/mol. The van der Waals surface area contributed by atoms with Crippen molar-refractivity contribution in [1.29, 1.82) is 0 Å². The fraction of sp³-hybridized carbons (Fsp3) is 0.387. The van der Waals surface area contributed by atoms with E-state index in [0.717, 1.165) is 10.4 Å². The molecule has 38 heavy (non-hydrogen) atoms. The van der Waals surface area contributed by atoms with E-state index in [0.29, 0.717) is 5.56 Å². The van der Waals surface area contributed by atoms with Gasteiger partial charge in [0.15, 0.2) is 0 Å². The van der Waals surface area contributed by atoms with Crippen molar-refractivity contribution >= 4 is 36.4 Å². The molecule has 0 spiro atoms. The van der Waals surface area contributed by atoms with Crippen LogP contribution in [0.2, 0.25) is 5.04 Å². The molecule has 0 radical (unpaired) electrons. The average molecular weight is 551 g/mol. The third-order valence-corrected chi connectivity index (χ3v) is 13.3. The molecule has 0 saturated carbocycles. The Morgan fingerprint density at radius 3 is 1.89 bits per heavy atom. The number of carbonyl (C=O) groups is 1. The second-order valence-electron chi connectivity index (χ2n) is 10.8. The summed E-state index contributed by atoms with van der Waals surface area (Å²) in [6.07, 6.45) is -0.436. The van der Waals surface area contributed by atoms with E-state index >= 15 is 0 Å². The number of esters is 1. The van der Waals surface area contributed by atoms with Gasteiger partial charge in [0, 0.05) is 5.92 Å². The average Bonchev–Trinajstić information content (AvgIpc) is 2.93. The molecule has 4 rings (SSSR count). The van der Waals surface area contributed by atoms with Crippen molar-refractivity contribution in [2.75, 3.05) is 12.9 Å². The Bertz CT molecular complexity index is 1130. The molecule has 1 fully saturated rings. The zero-order chi connectivity index (χ0) is 27.3. The molecule has 0 aliphatic carbocycles. The minimum absolute atomic E-state index is 0.178. The molecule has 1 saturated heterocycles. The molecule has 7 heteroatoms. The number of hydrogen-bond donors (Lipinski definition) is 1. The molecule has 2 unspecified atom stereocenters. The summed E-state index contributed by atoms with van der Waals surface area (Å²) in [6, 6.07) is 29.7. The standard InChI is InChI=1S/C31H38O5SSi/c1-22-28(36-29(33)23-15-9-6-10-16-23)27(32)26(35-30(22)37-5)21-34-38(31(2,3)4,24-17-11-7-12-18-24)25-19-13-8-14-20-25/h6-20,22,26-28,30,32H,21H2,1-5H3/t22?,26?,27-,28+,30-/m0/s1. The van der Waals surface area contributed by atoms with Crippen LogP contribution < -0.4 is 10.4 Å². The third-order valence-electron chi connectivity index (χ3n) is 7.34. The molecule has 5 nitrogen and oxygen atoms in total. The van der Waals surface area contributed by atoms with Crippen LogP contribution in [0, 0.1) is 5.92 Å². The topological polar surface area (TPSA) is 65.0 Å². The van der Waals surface area contributed by atoms with Gasteiger partial charge < -0.3 is 19.0 Å². The fourth-order valence-corrected chi connectivity index (χ4v) is 10.8. The van der Waals surface area contributed by atoms with E-state index in [1.165, 1.54) is 0 Å². The summed E-state index contributed by atoms with van der Waals surface area (Å²) in [5, 5.41) is 13.6. The van der Waals surface area contributed by atoms with Gasteiger partial charge in [-0.25, -0.2) is 4.79 Å². The quantitative estimate of drug-likeness (QED) is 0.319. The first kappa shape index (κ1) is 28.6. The van der Waals surface area contributed by atoms with Gasteiger partial charge in [0.05, 0.1) is 12.2 Å². The predicted octanol–water partition coefficient (Wildman–Crippen LogP) is 4.87. The van der Waals surface area contributed by atoms with Crippen molar-refractivity contribution in [3.63, 3.8) is 0 Å². The smallest absolute Gasteiger partial charge is 0.338 e. The molecule has 1 aliphatic rings. The van der Waals surface area contributed by atoms with Crippen molar-refractivity contribution in [1.82, 2.24) is 0 Å². The van der Waals surface area contributed by atoms with E-state index < -0.39 is 32.6 Å². The Morgan fingerprint density at radius 1 is 0.921 bits per heavy atom. The lowest BCUT2D eigenvalue weighted by Gasteiger charge is -2.46. The Kier molecular flexibility index (Phi) is 9.16. The molecule has 1 aliphatic heterocycles. The molecule has 0 bridgehead atoms. The highest BCUT2D eigenvalue weighted by Gasteiger charge is 2.52. The summed E-state index contributed by atoms with van der Waals surface area (Å²) in [7, 11) is -2.82. The van der Waals surface area contributed by atoms with Crippen LogP contribution in [0.4, 0.5) is 0 Å². The molecule has 202 valence electrons. The highest BCUT2D eigenvalue weighted by atomic mass is 32.2. The van der Waals surface area contributed by atoms with Crippen LogP contribution in [0.3, 0.4) is 0 Å². The number of carbonyl (C=O) groups excluding carboxylic acids is 1. The predicted molar refractivity (Wildman–Crippen MR) is 157 cm³/mol. The number of benzene rings is 3. The largest absolute Gasteiger partial charge is 0.455 e.